The van der Waals surface area contributed by atoms with Crippen LogP contribution >= 0.6 is 15.9 Å². The number of aromatic nitrogens is 1. The van der Waals surface area contributed by atoms with Crippen LogP contribution in [0.3, 0.4) is 0 Å². The molecule has 3 rings (SSSR count). The Morgan fingerprint density at radius 3 is 2.74 bits per heavy atom. The Morgan fingerprint density at radius 1 is 1.30 bits per heavy atom. The number of likely N-dealkylation sites (tertiary alicyclic amines) is 1. The van der Waals surface area contributed by atoms with Gasteiger partial charge in [0.1, 0.15) is 5.69 Å². The molecule has 0 unspecified atom stereocenters. The number of nitrogens with zero attached hydrogens (tertiary/aromatic N) is 1. The first kappa shape index (κ1) is 16.0. The molecule has 7 heteroatoms. The standard InChI is InChI=1S/C16H19BrN4O2/c17-11-2-1-10-7-14(20-13(10)8-11)16(23)19-12-3-5-21(6-4-12)9-15(18)22/h1-2,7-8,12,20H,3-6,9H2,(H2,18,22)(H,19,23). The van der Waals surface area contributed by atoms with Gasteiger partial charge in [0.15, 0.2) is 0 Å². The molecular weight excluding hydrogens is 360 g/mol. The number of nitrogens with two attached hydrogens (primary N) is 1. The number of carbonyl (C=O) groups is 2. The molecule has 1 fully saturated rings. The van der Waals surface area contributed by atoms with E-state index in [1.165, 1.54) is 0 Å². The zero-order valence-electron chi connectivity index (χ0n) is 12.6. The van der Waals surface area contributed by atoms with Gasteiger partial charge >= 0.3 is 0 Å². The number of primary amides is 1. The SMILES string of the molecule is NC(=O)CN1CCC(NC(=O)c2cc3ccc(Br)cc3[nH]2)CC1. The van der Waals surface area contributed by atoms with Gasteiger partial charge in [-0.15, -0.1) is 0 Å². The predicted octanol–water partition coefficient (Wildman–Crippen LogP) is 1.61. The lowest BCUT2D eigenvalue weighted by Crippen LogP contribution is -2.46. The van der Waals surface area contributed by atoms with Gasteiger partial charge in [-0.25, -0.2) is 0 Å². The van der Waals surface area contributed by atoms with E-state index < -0.39 is 0 Å². The summed E-state index contributed by atoms with van der Waals surface area (Å²) in [5, 5.41) is 4.07. The quantitative estimate of drug-likeness (QED) is 0.754. The van der Waals surface area contributed by atoms with Gasteiger partial charge in [0, 0.05) is 34.5 Å². The number of carbonyl (C=O) groups excluding carboxylic acids is 2. The summed E-state index contributed by atoms with van der Waals surface area (Å²) >= 11 is 3.42. The smallest absolute Gasteiger partial charge is 0.267 e. The van der Waals surface area contributed by atoms with Crippen LogP contribution in [-0.4, -0.2) is 47.4 Å². The monoisotopic (exact) mass is 378 g/mol. The molecule has 0 radical (unpaired) electrons. The van der Waals surface area contributed by atoms with Gasteiger partial charge in [0.25, 0.3) is 5.91 Å². The molecule has 1 aromatic carbocycles. The average Bonchev–Trinajstić information content (AvgIpc) is 2.92. The number of amides is 2. The van der Waals surface area contributed by atoms with Crippen LogP contribution in [0.1, 0.15) is 23.3 Å². The van der Waals surface area contributed by atoms with Crippen LogP contribution in [0.4, 0.5) is 0 Å². The topological polar surface area (TPSA) is 91.2 Å². The van der Waals surface area contributed by atoms with Crippen molar-refractivity contribution in [1.82, 2.24) is 15.2 Å². The van der Waals surface area contributed by atoms with Gasteiger partial charge in [-0.3, -0.25) is 14.5 Å². The fourth-order valence-corrected chi connectivity index (χ4v) is 3.30. The fraction of sp³-hybridized carbons (Fsp3) is 0.375. The third-order valence-corrected chi connectivity index (χ3v) is 4.62. The van der Waals surface area contributed by atoms with Crippen molar-refractivity contribution in [2.45, 2.75) is 18.9 Å². The van der Waals surface area contributed by atoms with Crippen molar-refractivity contribution < 1.29 is 9.59 Å². The number of benzene rings is 1. The van der Waals surface area contributed by atoms with E-state index in [0.717, 1.165) is 41.3 Å². The molecule has 0 saturated carbocycles. The molecule has 6 nitrogen and oxygen atoms in total. The Balaban J connectivity index is 1.59. The molecule has 1 aromatic heterocycles. The van der Waals surface area contributed by atoms with Crippen LogP contribution in [0.5, 0.6) is 0 Å². The largest absolute Gasteiger partial charge is 0.369 e. The number of fused-ring (bicyclic) bond motifs is 1. The molecule has 23 heavy (non-hydrogen) atoms. The fourth-order valence-electron chi connectivity index (χ4n) is 2.94. The normalized spacial score (nSPS) is 16.6. The number of piperidine rings is 1. The average molecular weight is 379 g/mol. The third kappa shape index (κ3) is 3.92. The molecule has 0 aliphatic carbocycles. The maximum absolute atomic E-state index is 12.4. The second-order valence-corrected chi connectivity index (χ2v) is 6.82. The van der Waals surface area contributed by atoms with Gasteiger partial charge in [-0.1, -0.05) is 22.0 Å². The van der Waals surface area contributed by atoms with Crippen LogP contribution in [0, 0.1) is 0 Å². The van der Waals surface area contributed by atoms with E-state index in [4.69, 9.17) is 5.73 Å². The Labute approximate surface area is 142 Å². The highest BCUT2D eigenvalue weighted by Gasteiger charge is 2.22. The second kappa shape index (κ2) is 6.72. The predicted molar refractivity (Wildman–Crippen MR) is 92.1 cm³/mol. The molecule has 4 N–H and O–H groups in total. The summed E-state index contributed by atoms with van der Waals surface area (Å²) in [6.07, 6.45) is 1.65. The van der Waals surface area contributed by atoms with Crippen molar-refractivity contribution in [3.05, 3.63) is 34.4 Å². The molecular formula is C16H19BrN4O2. The molecule has 1 aliphatic heterocycles. The Morgan fingerprint density at radius 2 is 2.04 bits per heavy atom. The van der Waals surface area contributed by atoms with Crippen molar-refractivity contribution in [2.24, 2.45) is 5.73 Å². The van der Waals surface area contributed by atoms with Gasteiger partial charge in [-0.2, -0.15) is 0 Å². The van der Waals surface area contributed by atoms with Crippen LogP contribution < -0.4 is 11.1 Å². The highest BCUT2D eigenvalue weighted by molar-refractivity contribution is 9.10. The summed E-state index contributed by atoms with van der Waals surface area (Å²) in [6, 6.07) is 7.86. The van der Waals surface area contributed by atoms with E-state index in [-0.39, 0.29) is 24.4 Å². The maximum atomic E-state index is 12.4. The minimum absolute atomic E-state index is 0.0920. The van der Waals surface area contributed by atoms with Gasteiger partial charge in [0.05, 0.1) is 6.54 Å². The number of hydrogen-bond acceptors (Lipinski definition) is 3. The number of nitrogens with one attached hydrogen (secondary N) is 2. The van der Waals surface area contributed by atoms with Crippen molar-refractivity contribution in [3.8, 4) is 0 Å². The molecule has 2 heterocycles. The molecule has 0 bridgehead atoms. The third-order valence-electron chi connectivity index (χ3n) is 4.13. The van der Waals surface area contributed by atoms with Gasteiger partial charge < -0.3 is 16.0 Å². The zero-order valence-corrected chi connectivity index (χ0v) is 14.2. The van der Waals surface area contributed by atoms with E-state index in [1.54, 1.807) is 0 Å². The zero-order chi connectivity index (χ0) is 16.4. The minimum atomic E-state index is -0.309. The lowest BCUT2D eigenvalue weighted by Gasteiger charge is -2.31. The van der Waals surface area contributed by atoms with Gasteiger partial charge in [-0.05, 0) is 31.0 Å². The molecule has 1 aliphatic rings. The van der Waals surface area contributed by atoms with Crippen LogP contribution in [0.25, 0.3) is 10.9 Å². The van der Waals surface area contributed by atoms with E-state index in [9.17, 15) is 9.59 Å². The molecule has 122 valence electrons. The first-order valence-corrected chi connectivity index (χ1v) is 8.40. The van der Waals surface area contributed by atoms with E-state index in [0.29, 0.717) is 5.69 Å². The Kier molecular flexibility index (Phi) is 4.68. The van der Waals surface area contributed by atoms with Crippen molar-refractivity contribution in [2.75, 3.05) is 19.6 Å². The molecule has 1 saturated heterocycles. The number of halogens is 1. The summed E-state index contributed by atoms with van der Waals surface area (Å²) in [5.74, 6) is -0.401. The van der Waals surface area contributed by atoms with Crippen molar-refractivity contribution in [3.63, 3.8) is 0 Å². The second-order valence-electron chi connectivity index (χ2n) is 5.90. The van der Waals surface area contributed by atoms with Crippen molar-refractivity contribution in [1.29, 1.82) is 0 Å². The number of H-pyrrole nitrogens is 1. The lowest BCUT2D eigenvalue weighted by atomic mass is 10.0. The summed E-state index contributed by atoms with van der Waals surface area (Å²) < 4.78 is 0.973. The lowest BCUT2D eigenvalue weighted by molar-refractivity contribution is -0.119. The summed E-state index contributed by atoms with van der Waals surface area (Å²) in [4.78, 5) is 28.5. The minimum Gasteiger partial charge on any atom is -0.369 e. The van der Waals surface area contributed by atoms with E-state index in [1.807, 2.05) is 29.2 Å². The Hall–Kier alpha value is -1.86. The van der Waals surface area contributed by atoms with Crippen LogP contribution in [0.2, 0.25) is 0 Å². The van der Waals surface area contributed by atoms with Gasteiger partial charge in [0.2, 0.25) is 5.91 Å². The first-order chi connectivity index (χ1) is 11.0. The van der Waals surface area contributed by atoms with Crippen LogP contribution in [-0.2, 0) is 4.79 Å². The van der Waals surface area contributed by atoms with E-state index >= 15 is 0 Å². The molecule has 0 atom stereocenters. The summed E-state index contributed by atoms with van der Waals surface area (Å²) in [6.45, 7) is 1.83. The summed E-state index contributed by atoms with van der Waals surface area (Å²) in [5.41, 5.74) is 6.70. The summed E-state index contributed by atoms with van der Waals surface area (Å²) in [7, 11) is 0. The highest BCUT2D eigenvalue weighted by Crippen LogP contribution is 2.20. The highest BCUT2D eigenvalue weighted by atomic mass is 79.9. The Bertz CT molecular complexity index is 735. The number of aromatic amines is 1. The van der Waals surface area contributed by atoms with E-state index in [2.05, 4.69) is 26.2 Å². The van der Waals surface area contributed by atoms with Crippen LogP contribution in [0.15, 0.2) is 28.7 Å². The molecule has 2 amide bonds. The number of rotatable bonds is 4. The first-order valence-electron chi connectivity index (χ1n) is 7.61. The van der Waals surface area contributed by atoms with Crippen molar-refractivity contribution >= 4 is 38.6 Å². The molecule has 0 spiro atoms. The maximum Gasteiger partial charge on any atom is 0.267 e. The molecule has 2 aromatic rings. The number of hydrogen-bond donors (Lipinski definition) is 3.